The van der Waals surface area contributed by atoms with Crippen LogP contribution >= 0.6 is 0 Å². The molecule has 2 aromatic carbocycles. The number of carbonyl (C=O) groups is 1. The molecule has 0 saturated heterocycles. The van der Waals surface area contributed by atoms with Crippen LogP contribution < -0.4 is 0 Å². The smallest absolute Gasteiger partial charge is 0.226 e. The molecule has 0 radical (unpaired) electrons. The van der Waals surface area contributed by atoms with Gasteiger partial charge in [0.2, 0.25) is 5.91 Å². The first-order valence-electron chi connectivity index (χ1n) is 8.89. The summed E-state index contributed by atoms with van der Waals surface area (Å²) in [5, 5.41) is 0. The molecule has 2 aliphatic rings. The van der Waals surface area contributed by atoms with Gasteiger partial charge >= 0.3 is 0 Å². The second-order valence-electron chi connectivity index (χ2n) is 6.86. The van der Waals surface area contributed by atoms with Crippen molar-refractivity contribution < 1.29 is 4.79 Å². The van der Waals surface area contributed by atoms with Gasteiger partial charge < -0.3 is 4.90 Å². The Balaban J connectivity index is 1.65. The molecule has 2 unspecified atom stereocenters. The Kier molecular flexibility index (Phi) is 4.20. The van der Waals surface area contributed by atoms with Crippen LogP contribution in [-0.4, -0.2) is 17.4 Å². The average molecular weight is 317 g/mol. The molecule has 2 atom stereocenters. The Morgan fingerprint density at radius 3 is 2.54 bits per heavy atom. The number of amides is 1. The quantitative estimate of drug-likeness (QED) is 0.746. The van der Waals surface area contributed by atoms with Crippen LogP contribution in [0, 0.1) is 5.92 Å². The van der Waals surface area contributed by atoms with Crippen LogP contribution in [0.1, 0.15) is 41.9 Å². The van der Waals surface area contributed by atoms with Gasteiger partial charge in [0.15, 0.2) is 0 Å². The van der Waals surface area contributed by atoms with Gasteiger partial charge in [0.25, 0.3) is 0 Å². The Bertz CT molecular complexity index is 750. The van der Waals surface area contributed by atoms with Gasteiger partial charge in [0.05, 0.1) is 0 Å². The van der Waals surface area contributed by atoms with Crippen molar-refractivity contribution in [2.75, 3.05) is 6.54 Å². The summed E-state index contributed by atoms with van der Waals surface area (Å²) < 4.78 is 0. The minimum Gasteiger partial charge on any atom is -0.337 e. The van der Waals surface area contributed by atoms with Crippen molar-refractivity contribution in [1.82, 2.24) is 4.90 Å². The summed E-state index contributed by atoms with van der Waals surface area (Å²) in [6.07, 6.45) is 7.28. The van der Waals surface area contributed by atoms with E-state index >= 15 is 0 Å². The third-order valence-electron chi connectivity index (χ3n) is 5.33. The highest BCUT2D eigenvalue weighted by atomic mass is 16.2. The average Bonchev–Trinajstić information content (AvgIpc) is 2.68. The predicted octanol–water partition coefficient (Wildman–Crippen LogP) is 4.52. The molecule has 0 fully saturated rings. The Morgan fingerprint density at radius 2 is 1.75 bits per heavy atom. The molecule has 0 spiro atoms. The lowest BCUT2D eigenvalue weighted by atomic mass is 9.83. The zero-order chi connectivity index (χ0) is 16.4. The van der Waals surface area contributed by atoms with Crippen LogP contribution in [0.2, 0.25) is 0 Å². The SMILES string of the molecule is O=C(C1CC=CCC1)N1Cc2ccccc2C(c2ccccc2)C1. The van der Waals surface area contributed by atoms with E-state index in [9.17, 15) is 4.79 Å². The van der Waals surface area contributed by atoms with Crippen molar-refractivity contribution in [3.63, 3.8) is 0 Å². The molecule has 2 aromatic rings. The van der Waals surface area contributed by atoms with Gasteiger partial charge in [0, 0.05) is 24.9 Å². The highest BCUT2D eigenvalue weighted by Gasteiger charge is 2.32. The predicted molar refractivity (Wildman–Crippen MR) is 96.6 cm³/mol. The number of fused-ring (bicyclic) bond motifs is 1. The largest absolute Gasteiger partial charge is 0.337 e. The molecule has 0 aromatic heterocycles. The highest BCUT2D eigenvalue weighted by molar-refractivity contribution is 5.79. The van der Waals surface area contributed by atoms with Crippen molar-refractivity contribution in [3.8, 4) is 0 Å². The molecular formula is C22H23NO. The molecule has 2 heteroatoms. The fraction of sp³-hybridized carbons (Fsp3) is 0.318. The third-order valence-corrected chi connectivity index (χ3v) is 5.33. The van der Waals surface area contributed by atoms with Crippen LogP contribution in [-0.2, 0) is 11.3 Å². The maximum Gasteiger partial charge on any atom is 0.226 e. The molecule has 1 heterocycles. The lowest BCUT2D eigenvalue weighted by Crippen LogP contribution is -2.42. The van der Waals surface area contributed by atoms with Crippen molar-refractivity contribution in [2.24, 2.45) is 5.92 Å². The van der Waals surface area contributed by atoms with E-state index < -0.39 is 0 Å². The van der Waals surface area contributed by atoms with Crippen molar-refractivity contribution >= 4 is 5.91 Å². The van der Waals surface area contributed by atoms with Gasteiger partial charge in [0.1, 0.15) is 0 Å². The first-order valence-corrected chi connectivity index (χ1v) is 8.89. The molecule has 1 amide bonds. The van der Waals surface area contributed by atoms with Crippen LogP contribution in [0.15, 0.2) is 66.7 Å². The molecule has 0 N–H and O–H groups in total. The monoisotopic (exact) mass is 317 g/mol. The highest BCUT2D eigenvalue weighted by Crippen LogP contribution is 2.34. The van der Waals surface area contributed by atoms with Crippen LogP contribution in [0.3, 0.4) is 0 Å². The lowest BCUT2D eigenvalue weighted by molar-refractivity contribution is -0.137. The van der Waals surface area contributed by atoms with E-state index in [0.29, 0.717) is 5.91 Å². The van der Waals surface area contributed by atoms with Gasteiger partial charge in [-0.25, -0.2) is 0 Å². The second kappa shape index (κ2) is 6.64. The maximum absolute atomic E-state index is 13.0. The summed E-state index contributed by atoms with van der Waals surface area (Å²) in [6.45, 7) is 1.54. The van der Waals surface area contributed by atoms with Gasteiger partial charge in [-0.2, -0.15) is 0 Å². The first kappa shape index (κ1) is 15.2. The summed E-state index contributed by atoms with van der Waals surface area (Å²) in [6, 6.07) is 19.2. The number of hydrogen-bond acceptors (Lipinski definition) is 1. The normalized spacial score (nSPS) is 22.9. The lowest BCUT2D eigenvalue weighted by Gasteiger charge is -2.37. The van der Waals surface area contributed by atoms with E-state index in [4.69, 9.17) is 0 Å². The Morgan fingerprint density at radius 1 is 0.958 bits per heavy atom. The molecule has 4 rings (SSSR count). The number of benzene rings is 2. The molecule has 0 bridgehead atoms. The van der Waals surface area contributed by atoms with E-state index in [1.807, 2.05) is 0 Å². The van der Waals surface area contributed by atoms with Crippen molar-refractivity contribution in [3.05, 3.63) is 83.4 Å². The zero-order valence-corrected chi connectivity index (χ0v) is 13.9. The second-order valence-corrected chi connectivity index (χ2v) is 6.86. The fourth-order valence-electron chi connectivity index (χ4n) is 4.02. The summed E-state index contributed by atoms with van der Waals surface area (Å²) in [5.74, 6) is 0.769. The first-order chi connectivity index (χ1) is 11.8. The minimum absolute atomic E-state index is 0.164. The summed E-state index contributed by atoms with van der Waals surface area (Å²) in [4.78, 5) is 15.1. The third kappa shape index (κ3) is 2.89. The molecule has 2 nitrogen and oxygen atoms in total. The van der Waals surface area contributed by atoms with Crippen LogP contribution in [0.5, 0.6) is 0 Å². The minimum atomic E-state index is 0.164. The maximum atomic E-state index is 13.0. The van der Waals surface area contributed by atoms with Gasteiger partial charge in [-0.15, -0.1) is 0 Å². The number of hydrogen-bond donors (Lipinski definition) is 0. The standard InChI is InChI=1S/C22H23NO/c24-22(18-11-5-2-6-12-18)23-15-19-13-7-8-14-20(19)21(16-23)17-9-3-1-4-10-17/h1-5,7-10,13-14,18,21H,6,11-12,15-16H2. The van der Waals surface area contributed by atoms with Crippen LogP contribution in [0.4, 0.5) is 0 Å². The van der Waals surface area contributed by atoms with Gasteiger partial charge in [-0.05, 0) is 36.0 Å². The number of carbonyl (C=O) groups excluding carboxylic acids is 1. The summed E-state index contributed by atoms with van der Waals surface area (Å²) in [7, 11) is 0. The van der Waals surface area contributed by atoms with E-state index in [-0.39, 0.29) is 11.8 Å². The zero-order valence-electron chi connectivity index (χ0n) is 13.9. The Labute approximate surface area is 143 Å². The molecule has 24 heavy (non-hydrogen) atoms. The number of nitrogens with zero attached hydrogens (tertiary/aromatic N) is 1. The van der Waals surface area contributed by atoms with E-state index in [0.717, 1.165) is 32.4 Å². The van der Waals surface area contributed by atoms with Gasteiger partial charge in [-0.3, -0.25) is 4.79 Å². The number of rotatable bonds is 2. The Hall–Kier alpha value is -2.35. The molecule has 0 saturated carbocycles. The molecule has 1 aliphatic carbocycles. The molecule has 122 valence electrons. The topological polar surface area (TPSA) is 20.3 Å². The van der Waals surface area contributed by atoms with E-state index in [1.54, 1.807) is 0 Å². The van der Waals surface area contributed by atoms with E-state index in [1.165, 1.54) is 16.7 Å². The summed E-state index contributed by atoms with van der Waals surface area (Å²) >= 11 is 0. The van der Waals surface area contributed by atoms with Gasteiger partial charge in [-0.1, -0.05) is 66.7 Å². The van der Waals surface area contributed by atoms with Crippen LogP contribution in [0.25, 0.3) is 0 Å². The van der Waals surface area contributed by atoms with Crippen molar-refractivity contribution in [2.45, 2.75) is 31.7 Å². The summed E-state index contributed by atoms with van der Waals surface area (Å²) in [5.41, 5.74) is 3.96. The number of allylic oxidation sites excluding steroid dienone is 2. The fourth-order valence-corrected chi connectivity index (χ4v) is 4.02. The molecule has 1 aliphatic heterocycles. The van der Waals surface area contributed by atoms with Crippen molar-refractivity contribution in [1.29, 1.82) is 0 Å². The van der Waals surface area contributed by atoms with E-state index in [2.05, 4.69) is 71.6 Å². The molecular weight excluding hydrogens is 294 g/mol.